The minimum Gasteiger partial charge on any atom is -0.497 e. The molecule has 1 aliphatic rings. The van der Waals surface area contributed by atoms with Crippen LogP contribution in [-0.4, -0.2) is 38.4 Å². The second-order valence-electron chi connectivity index (χ2n) is 6.33. The van der Waals surface area contributed by atoms with E-state index in [4.69, 9.17) is 14.7 Å². The molecule has 0 spiro atoms. The zero-order valence-corrected chi connectivity index (χ0v) is 16.2. The number of ether oxygens (including phenoxy) is 2. The Kier molecular flexibility index (Phi) is 5.97. The molecule has 0 saturated carbocycles. The van der Waals surface area contributed by atoms with Crippen molar-refractivity contribution in [2.75, 3.05) is 13.7 Å². The fourth-order valence-electron chi connectivity index (χ4n) is 3.15. The Labute approximate surface area is 164 Å². The van der Waals surface area contributed by atoms with E-state index in [1.165, 1.54) is 23.5 Å². The summed E-state index contributed by atoms with van der Waals surface area (Å²) in [6.45, 7) is 0.179. The number of benzene rings is 2. The van der Waals surface area contributed by atoms with Gasteiger partial charge in [0.05, 0.1) is 23.6 Å². The third kappa shape index (κ3) is 4.01. The van der Waals surface area contributed by atoms with Crippen molar-refractivity contribution in [3.05, 3.63) is 59.7 Å². The van der Waals surface area contributed by atoms with Gasteiger partial charge in [0, 0.05) is 12.1 Å². The van der Waals surface area contributed by atoms with Crippen LogP contribution in [0.15, 0.2) is 53.4 Å². The molecule has 1 heterocycles. The first-order valence-corrected chi connectivity index (χ1v) is 10.2. The number of nitrogens with zero attached hydrogens (tertiary/aromatic N) is 2. The van der Waals surface area contributed by atoms with E-state index in [1.54, 1.807) is 36.4 Å². The molecule has 0 radical (unpaired) electrons. The molecule has 3 rings (SSSR count). The van der Waals surface area contributed by atoms with E-state index < -0.39 is 22.0 Å². The molecule has 0 amide bonds. The van der Waals surface area contributed by atoms with Crippen molar-refractivity contribution < 1.29 is 22.7 Å². The van der Waals surface area contributed by atoms with Crippen LogP contribution in [0.4, 0.5) is 0 Å². The van der Waals surface area contributed by atoms with Crippen LogP contribution in [0.1, 0.15) is 24.0 Å². The summed E-state index contributed by atoms with van der Waals surface area (Å²) in [5.41, 5.74) is 1.00. The maximum atomic E-state index is 13.0. The van der Waals surface area contributed by atoms with E-state index >= 15 is 0 Å². The normalized spacial score (nSPS) is 17.1. The van der Waals surface area contributed by atoms with Gasteiger partial charge >= 0.3 is 5.97 Å². The third-order valence-electron chi connectivity index (χ3n) is 4.65. The molecule has 28 heavy (non-hydrogen) atoms. The van der Waals surface area contributed by atoms with Gasteiger partial charge in [0.2, 0.25) is 10.0 Å². The first-order chi connectivity index (χ1) is 13.5. The zero-order chi connectivity index (χ0) is 20.1. The Bertz CT molecular complexity index is 996. The summed E-state index contributed by atoms with van der Waals surface area (Å²) in [6, 6.07) is 14.0. The van der Waals surface area contributed by atoms with Gasteiger partial charge in [-0.15, -0.1) is 0 Å². The second-order valence-corrected chi connectivity index (χ2v) is 8.22. The Hall–Kier alpha value is -2.89. The van der Waals surface area contributed by atoms with Gasteiger partial charge in [-0.2, -0.15) is 9.57 Å². The largest absolute Gasteiger partial charge is 0.497 e. The van der Waals surface area contributed by atoms with E-state index in [-0.39, 0.29) is 18.0 Å². The summed E-state index contributed by atoms with van der Waals surface area (Å²) in [7, 11) is -2.33. The van der Waals surface area contributed by atoms with Gasteiger partial charge in [0.25, 0.3) is 0 Å². The van der Waals surface area contributed by atoms with Crippen LogP contribution < -0.4 is 4.74 Å². The van der Waals surface area contributed by atoms with Gasteiger partial charge in [-0.25, -0.2) is 8.42 Å². The highest BCUT2D eigenvalue weighted by atomic mass is 32.2. The topological polar surface area (TPSA) is 96.7 Å². The molecule has 8 heteroatoms. The van der Waals surface area contributed by atoms with E-state index in [1.807, 2.05) is 6.07 Å². The van der Waals surface area contributed by atoms with Gasteiger partial charge in [-0.05, 0) is 43.2 Å². The van der Waals surface area contributed by atoms with Crippen molar-refractivity contribution in [3.63, 3.8) is 0 Å². The lowest BCUT2D eigenvalue weighted by atomic mass is 10.1. The molecule has 0 aliphatic carbocycles. The Balaban J connectivity index is 1.74. The van der Waals surface area contributed by atoms with E-state index in [0.29, 0.717) is 29.7 Å². The number of hydrogen-bond donors (Lipinski definition) is 0. The molecule has 1 fully saturated rings. The average Bonchev–Trinajstić information content (AvgIpc) is 3.23. The van der Waals surface area contributed by atoms with Crippen LogP contribution in [0.3, 0.4) is 0 Å². The average molecular weight is 400 g/mol. The van der Waals surface area contributed by atoms with Crippen molar-refractivity contribution in [1.82, 2.24) is 4.31 Å². The second kappa shape index (κ2) is 8.42. The zero-order valence-electron chi connectivity index (χ0n) is 15.4. The quantitative estimate of drug-likeness (QED) is 0.691. The molecule has 146 valence electrons. The van der Waals surface area contributed by atoms with E-state index in [9.17, 15) is 13.2 Å². The van der Waals surface area contributed by atoms with Crippen LogP contribution >= 0.6 is 0 Å². The van der Waals surface area contributed by atoms with E-state index in [0.717, 1.165) is 0 Å². The van der Waals surface area contributed by atoms with Crippen molar-refractivity contribution in [3.8, 4) is 11.8 Å². The lowest BCUT2D eigenvalue weighted by Gasteiger charge is -2.23. The van der Waals surface area contributed by atoms with Gasteiger partial charge in [-0.3, -0.25) is 4.79 Å². The van der Waals surface area contributed by atoms with Gasteiger partial charge < -0.3 is 9.47 Å². The molecule has 0 N–H and O–H groups in total. The molecule has 2 aromatic rings. The van der Waals surface area contributed by atoms with Crippen LogP contribution in [0.5, 0.6) is 5.75 Å². The van der Waals surface area contributed by atoms with Crippen molar-refractivity contribution in [2.45, 2.75) is 30.4 Å². The Morgan fingerprint density at radius 3 is 2.61 bits per heavy atom. The maximum Gasteiger partial charge on any atom is 0.324 e. The molecular weight excluding hydrogens is 380 g/mol. The standard InChI is InChI=1S/C20H20N2O5S/c1-26-17-8-10-18(11-9-17)28(24,25)22-12-4-7-19(22)20(23)27-14-16-6-3-2-5-15(16)13-21/h2-3,5-6,8-11,19H,4,7,12,14H2,1H3/t19-/m0/s1. The highest BCUT2D eigenvalue weighted by molar-refractivity contribution is 7.89. The van der Waals surface area contributed by atoms with Crippen molar-refractivity contribution in [1.29, 1.82) is 5.26 Å². The molecule has 7 nitrogen and oxygen atoms in total. The molecule has 0 bridgehead atoms. The number of nitriles is 1. The Morgan fingerprint density at radius 1 is 1.21 bits per heavy atom. The minimum absolute atomic E-state index is 0.0739. The number of hydrogen-bond acceptors (Lipinski definition) is 6. The highest BCUT2D eigenvalue weighted by Gasteiger charge is 2.40. The van der Waals surface area contributed by atoms with E-state index in [2.05, 4.69) is 0 Å². The highest BCUT2D eigenvalue weighted by Crippen LogP contribution is 2.28. The van der Waals surface area contributed by atoms with Crippen LogP contribution in [0, 0.1) is 11.3 Å². The third-order valence-corrected chi connectivity index (χ3v) is 6.57. The number of carbonyl (C=O) groups is 1. The van der Waals surface area contributed by atoms with Gasteiger partial charge in [0.1, 0.15) is 18.4 Å². The molecule has 1 atom stereocenters. The fourth-order valence-corrected chi connectivity index (χ4v) is 4.79. The minimum atomic E-state index is -3.83. The first kappa shape index (κ1) is 19.9. The number of carbonyl (C=O) groups excluding carboxylic acids is 1. The summed E-state index contributed by atoms with van der Waals surface area (Å²) < 4.78 is 37.5. The fraction of sp³-hybridized carbons (Fsp3) is 0.300. The number of rotatable bonds is 6. The predicted molar refractivity (Wildman–Crippen MR) is 101 cm³/mol. The van der Waals surface area contributed by atoms with Crippen LogP contribution in [0.2, 0.25) is 0 Å². The number of esters is 1. The van der Waals surface area contributed by atoms with Gasteiger partial charge in [-0.1, -0.05) is 18.2 Å². The molecule has 0 unspecified atom stereocenters. The molecule has 1 aliphatic heterocycles. The molecular formula is C20H20N2O5S. The summed E-state index contributed by atoms with van der Waals surface area (Å²) in [6.07, 6.45) is 0.970. The van der Waals surface area contributed by atoms with Crippen molar-refractivity contribution in [2.24, 2.45) is 0 Å². The number of methoxy groups -OCH3 is 1. The summed E-state index contributed by atoms with van der Waals surface area (Å²) in [5.74, 6) is -0.0604. The SMILES string of the molecule is COc1ccc(S(=O)(=O)N2CCC[C@H]2C(=O)OCc2ccccc2C#N)cc1. The number of sulfonamides is 1. The lowest BCUT2D eigenvalue weighted by Crippen LogP contribution is -2.41. The van der Waals surface area contributed by atoms with Crippen LogP contribution in [0.25, 0.3) is 0 Å². The maximum absolute atomic E-state index is 13.0. The summed E-state index contributed by atoms with van der Waals surface area (Å²) in [4.78, 5) is 12.7. The van der Waals surface area contributed by atoms with Crippen molar-refractivity contribution >= 4 is 16.0 Å². The summed E-state index contributed by atoms with van der Waals surface area (Å²) in [5, 5.41) is 9.12. The monoisotopic (exact) mass is 400 g/mol. The first-order valence-electron chi connectivity index (χ1n) is 8.78. The van der Waals surface area contributed by atoms with Gasteiger partial charge in [0.15, 0.2) is 0 Å². The molecule has 0 aromatic heterocycles. The van der Waals surface area contributed by atoms with Crippen LogP contribution in [-0.2, 0) is 26.2 Å². The summed E-state index contributed by atoms with van der Waals surface area (Å²) >= 11 is 0. The molecule has 1 saturated heterocycles. The lowest BCUT2D eigenvalue weighted by molar-refractivity contribution is -0.148. The smallest absolute Gasteiger partial charge is 0.324 e. The predicted octanol–water partition coefficient (Wildman–Crippen LogP) is 2.46. The molecule has 2 aromatic carbocycles. The Morgan fingerprint density at radius 2 is 1.93 bits per heavy atom.